The molecular weight excluding hydrogens is 257 g/mol. The Bertz CT molecular complexity index is 787. The maximum atomic E-state index is 9.00. The summed E-state index contributed by atoms with van der Waals surface area (Å²) in [5.41, 5.74) is 10.1. The molecule has 3 aromatic rings. The van der Waals surface area contributed by atoms with E-state index in [1.54, 1.807) is 0 Å². The van der Waals surface area contributed by atoms with Gasteiger partial charge in [-0.1, -0.05) is 18.2 Å². The van der Waals surface area contributed by atoms with Crippen LogP contribution in [0, 0.1) is 13.8 Å². The Hall–Kier alpha value is -2.56. The van der Waals surface area contributed by atoms with E-state index in [1.165, 1.54) is 10.8 Å². The molecule has 0 aliphatic carbocycles. The van der Waals surface area contributed by atoms with Crippen molar-refractivity contribution in [2.24, 2.45) is 0 Å². The standard InChI is InChI=1S/C13H13N3.C2H4O2/c1-7-12-11(8(2)15-13(7)14)9-5-3-4-6-10(9)16-12;1-2(3)4/h3-6,16H,1-2H3,(H2,14,15);1H3,(H,3,4)/i11+1,12+1,16+1;. The Kier molecular flexibility index (Phi) is 3.61. The van der Waals surface area contributed by atoms with Gasteiger partial charge in [-0.05, 0) is 19.9 Å². The van der Waals surface area contributed by atoms with E-state index in [1.807, 2.05) is 26.0 Å². The third-order valence-electron chi connectivity index (χ3n) is 3.12. The third-order valence-corrected chi connectivity index (χ3v) is 3.12. The van der Waals surface area contributed by atoms with Crippen LogP contribution >= 0.6 is 0 Å². The molecule has 0 bridgehead atoms. The summed E-state index contributed by atoms with van der Waals surface area (Å²) in [5.74, 6) is -0.225. The number of rotatable bonds is 0. The van der Waals surface area contributed by atoms with Gasteiger partial charge in [0.1, 0.15) is 5.82 Å². The molecule has 0 amide bonds. The number of carbonyl (C=O) groups is 1. The normalized spacial score (nSPS) is 10.3. The number of hydrogen-bond acceptors (Lipinski definition) is 3. The zero-order valence-electron chi connectivity index (χ0n) is 11.7. The summed E-state index contributed by atoms with van der Waals surface area (Å²) in [6, 6.07) is 8.25. The Morgan fingerprint density at radius 3 is 2.55 bits per heavy atom. The summed E-state index contributed by atoms with van der Waals surface area (Å²) in [5, 5.41) is 9.81. The smallest absolute Gasteiger partial charge is 0.300 e. The number of carboxylic acid groups (broad SMARTS) is 1. The highest BCUT2D eigenvalue weighted by Crippen LogP contribution is 2.30. The maximum absolute atomic E-state index is 9.00. The van der Waals surface area contributed by atoms with Crippen LogP contribution in [0.2, 0.25) is 0 Å². The van der Waals surface area contributed by atoms with Crippen molar-refractivity contribution in [2.45, 2.75) is 20.8 Å². The van der Waals surface area contributed by atoms with Gasteiger partial charge in [0.25, 0.3) is 5.97 Å². The average Bonchev–Trinajstić information content (AvgIpc) is 2.75. The molecule has 2 heterocycles. The molecule has 20 heavy (non-hydrogen) atoms. The number of nitrogens with zero attached hydrogens (tertiary/aromatic N) is 1. The van der Waals surface area contributed by atoms with E-state index in [-0.39, 0.29) is 0 Å². The van der Waals surface area contributed by atoms with E-state index in [0.29, 0.717) is 5.82 Å². The molecule has 4 N–H and O–H groups in total. The number of fused-ring (bicyclic) bond motifs is 3. The molecule has 0 spiro atoms. The van der Waals surface area contributed by atoms with Crippen molar-refractivity contribution in [1.82, 2.24) is 9.97 Å². The maximum Gasteiger partial charge on any atom is 0.300 e. The lowest BCUT2D eigenvalue weighted by atomic mass is 10.3. The predicted molar refractivity (Wildman–Crippen MR) is 80.8 cm³/mol. The lowest BCUT2D eigenvalue weighted by molar-refractivity contribution is -0.134. The van der Waals surface area contributed by atoms with Gasteiger partial charge >= 0.3 is 0 Å². The molecule has 0 atom stereocenters. The lowest BCUT2D eigenvalue weighted by Gasteiger charge is -2.03. The number of aliphatic carboxylic acids is 1. The van der Waals surface area contributed by atoms with Gasteiger partial charge in [-0.2, -0.15) is 0 Å². The fourth-order valence-electron chi connectivity index (χ4n) is 2.25. The number of anilines is 1. The number of benzene rings is 1. The van der Waals surface area contributed by atoms with Gasteiger partial charge in [-0.25, -0.2) is 4.98 Å². The number of hydrogen-bond donors (Lipinski definition) is 3. The van der Waals surface area contributed by atoms with Gasteiger partial charge in [-0.15, -0.1) is 0 Å². The molecule has 1 aromatic carbocycles. The minimum Gasteiger partial charge on any atom is -0.481 e. The SMILES string of the molecule is CC(=O)O.Cc1c(N)nc(C)[13c]2c3ccccc3[15nH][13c]12. The predicted octanol–water partition coefficient (Wildman–Crippen LogP) is 3.01. The van der Waals surface area contributed by atoms with Gasteiger partial charge in [0.15, 0.2) is 0 Å². The zero-order chi connectivity index (χ0) is 14.9. The number of nitrogen functional groups attached to an aromatic ring is 1. The van der Waals surface area contributed by atoms with E-state index < -0.39 is 5.97 Å². The van der Waals surface area contributed by atoms with Crippen molar-refractivity contribution in [3.8, 4) is 0 Å². The van der Waals surface area contributed by atoms with Crippen LogP contribution in [0.5, 0.6) is 0 Å². The van der Waals surface area contributed by atoms with Crippen LogP contribution in [0.1, 0.15) is 18.2 Å². The molecule has 5 nitrogen and oxygen atoms in total. The molecule has 0 fully saturated rings. The largest absolute Gasteiger partial charge is 0.481 e. The third kappa shape index (κ3) is 2.42. The van der Waals surface area contributed by atoms with Crippen molar-refractivity contribution in [3.05, 3.63) is 35.5 Å². The number of para-hydroxylation sites is 1. The van der Waals surface area contributed by atoms with Crippen molar-refractivity contribution >= 4 is 33.6 Å². The molecule has 5 heteroatoms. The van der Waals surface area contributed by atoms with Crippen LogP contribution in [-0.4, -0.2) is 21.0 Å². The molecular formula is C15H17N3O2. The number of pyridine rings is 1. The summed E-state index contributed by atoms with van der Waals surface area (Å²) in [7, 11) is 0. The quantitative estimate of drug-likeness (QED) is 0.587. The van der Waals surface area contributed by atoms with E-state index in [0.717, 1.165) is 29.2 Å². The topological polar surface area (TPSA) is 92.0 Å². The molecule has 0 unspecified atom stereocenters. The van der Waals surface area contributed by atoms with E-state index in [2.05, 4.69) is 22.1 Å². The average molecular weight is 274 g/mol. The minimum atomic E-state index is -0.833. The monoisotopic (exact) mass is 274 g/mol. The van der Waals surface area contributed by atoms with Crippen molar-refractivity contribution in [2.75, 3.05) is 5.73 Å². The van der Waals surface area contributed by atoms with E-state index in [9.17, 15) is 0 Å². The highest BCUT2D eigenvalue weighted by atomic mass is 16.4. The molecule has 0 aliphatic rings. The Morgan fingerprint density at radius 2 is 1.90 bits per heavy atom. The second-order valence-corrected chi connectivity index (χ2v) is 4.65. The first-order chi connectivity index (χ1) is 9.41. The molecule has 0 aliphatic heterocycles. The number of aryl methyl sites for hydroxylation is 2. The first-order valence-electron chi connectivity index (χ1n) is 6.24. The van der Waals surface area contributed by atoms with Crippen molar-refractivity contribution in [3.63, 3.8) is 0 Å². The lowest BCUT2D eigenvalue weighted by Crippen LogP contribution is -1.96. The molecule has 0 saturated carbocycles. The first kappa shape index (κ1) is 13.9. The number of carboxylic acids is 1. The van der Waals surface area contributed by atoms with E-state index in [4.69, 9.17) is 15.6 Å². The van der Waals surface area contributed by atoms with Crippen LogP contribution in [0.3, 0.4) is 0 Å². The zero-order valence-corrected chi connectivity index (χ0v) is 11.7. The summed E-state index contributed by atoms with van der Waals surface area (Å²) in [6.07, 6.45) is 0. The van der Waals surface area contributed by atoms with Crippen LogP contribution in [0.25, 0.3) is 21.8 Å². The van der Waals surface area contributed by atoms with Crippen LogP contribution in [0.4, 0.5) is 5.82 Å². The summed E-state index contributed by atoms with van der Waals surface area (Å²) < 4.78 is 0. The fraction of sp³-hybridized carbons (Fsp3) is 0.200. The Morgan fingerprint density at radius 1 is 1.30 bits per heavy atom. The van der Waals surface area contributed by atoms with Gasteiger partial charge in [0, 0.05) is 34.5 Å². The molecule has 2 aromatic heterocycles. The van der Waals surface area contributed by atoms with Gasteiger partial charge in [0.2, 0.25) is 0 Å². The Balaban J connectivity index is 0.000000328. The van der Waals surface area contributed by atoms with Gasteiger partial charge in [-0.3, -0.25) is 4.79 Å². The molecule has 3 rings (SSSR count). The fourth-order valence-corrected chi connectivity index (χ4v) is 2.25. The number of nitrogens with two attached hydrogens (primary N) is 1. The van der Waals surface area contributed by atoms with Gasteiger partial charge < -0.3 is 15.8 Å². The molecule has 104 valence electrons. The van der Waals surface area contributed by atoms with Crippen molar-refractivity contribution in [1.29, 1.82) is 0 Å². The van der Waals surface area contributed by atoms with E-state index >= 15 is 0 Å². The summed E-state index contributed by atoms with van der Waals surface area (Å²) in [6.45, 7) is 5.08. The van der Waals surface area contributed by atoms with Crippen LogP contribution < -0.4 is 5.73 Å². The number of nitrogens with one attached hydrogen (secondary N) is 1. The summed E-state index contributed by atoms with van der Waals surface area (Å²) >= 11 is 0. The number of aromatic amines is 1. The van der Waals surface area contributed by atoms with Crippen LogP contribution in [0.15, 0.2) is 24.3 Å². The number of H-pyrrole nitrogens is 1. The minimum absolute atomic E-state index is 0.608. The number of aromatic nitrogens is 2. The highest BCUT2D eigenvalue weighted by Gasteiger charge is 2.11. The second-order valence-electron chi connectivity index (χ2n) is 4.65. The first-order valence-corrected chi connectivity index (χ1v) is 6.24. The Labute approximate surface area is 116 Å². The van der Waals surface area contributed by atoms with Gasteiger partial charge in [0.05, 0.1) is 5.52 Å². The summed E-state index contributed by atoms with van der Waals surface area (Å²) in [4.78, 5) is 16.8. The second kappa shape index (κ2) is 5.21. The van der Waals surface area contributed by atoms with Crippen molar-refractivity contribution < 1.29 is 9.90 Å². The molecule has 0 radical (unpaired) electrons. The molecule has 0 saturated heterocycles. The van der Waals surface area contributed by atoms with Crippen LogP contribution in [-0.2, 0) is 4.79 Å². The highest BCUT2D eigenvalue weighted by molar-refractivity contribution is 6.10.